The molecule has 1 fully saturated rings. The molecule has 0 saturated carbocycles. The van der Waals surface area contributed by atoms with Crippen LogP contribution < -0.4 is 20.3 Å². The number of hydrogen-bond acceptors (Lipinski definition) is 4. The van der Waals surface area contributed by atoms with Crippen molar-refractivity contribution < 1.29 is 14.3 Å². The number of para-hydroxylation sites is 2. The number of nitrogens with zero attached hydrogens (tertiary/aromatic N) is 1. The molecule has 2 atom stereocenters. The lowest BCUT2D eigenvalue weighted by atomic mass is 9.85. The monoisotopic (exact) mass is 359 g/mol. The summed E-state index contributed by atoms with van der Waals surface area (Å²) >= 11 is 0. The second-order valence-electron chi connectivity index (χ2n) is 7.29. The summed E-state index contributed by atoms with van der Waals surface area (Å²) in [5, 5.41) is 6.41. The average molecular weight is 359 g/mol. The number of anilines is 1. The van der Waals surface area contributed by atoms with Gasteiger partial charge in [0, 0.05) is 19.5 Å². The second kappa shape index (κ2) is 9.03. The number of hydrogen-bond donors (Lipinski definition) is 2. The van der Waals surface area contributed by atoms with Crippen LogP contribution in [0, 0.1) is 11.8 Å². The van der Waals surface area contributed by atoms with Crippen molar-refractivity contribution in [1.29, 1.82) is 0 Å². The third kappa shape index (κ3) is 4.75. The number of carbonyl (C=O) groups is 2. The molecule has 2 N–H and O–H groups in total. The molecule has 6 heteroatoms. The molecule has 6 nitrogen and oxygen atoms in total. The predicted octanol–water partition coefficient (Wildman–Crippen LogP) is 1.94. The van der Waals surface area contributed by atoms with Gasteiger partial charge in [-0.25, -0.2) is 0 Å². The summed E-state index contributed by atoms with van der Waals surface area (Å²) in [6.45, 7) is 5.53. The zero-order valence-corrected chi connectivity index (χ0v) is 15.5. The van der Waals surface area contributed by atoms with E-state index in [2.05, 4.69) is 17.6 Å². The van der Waals surface area contributed by atoms with Gasteiger partial charge in [-0.1, -0.05) is 19.1 Å². The smallest absolute Gasteiger partial charge is 0.265 e. The fourth-order valence-corrected chi connectivity index (χ4v) is 3.76. The van der Waals surface area contributed by atoms with E-state index < -0.39 is 0 Å². The van der Waals surface area contributed by atoms with E-state index in [0.29, 0.717) is 31.3 Å². The maximum atomic E-state index is 12.2. The van der Waals surface area contributed by atoms with Crippen LogP contribution in [-0.4, -0.2) is 44.6 Å². The van der Waals surface area contributed by atoms with Crippen molar-refractivity contribution in [2.75, 3.05) is 37.7 Å². The molecule has 3 rings (SSSR count). The Hall–Kier alpha value is -2.08. The van der Waals surface area contributed by atoms with Gasteiger partial charge in [-0.3, -0.25) is 9.59 Å². The zero-order valence-electron chi connectivity index (χ0n) is 15.5. The Labute approximate surface area is 155 Å². The van der Waals surface area contributed by atoms with Gasteiger partial charge in [-0.2, -0.15) is 0 Å². The molecule has 0 spiro atoms. The molecule has 0 aliphatic carbocycles. The predicted molar refractivity (Wildman–Crippen MR) is 101 cm³/mol. The summed E-state index contributed by atoms with van der Waals surface area (Å²) in [6, 6.07) is 7.57. The Morgan fingerprint density at radius 2 is 2.27 bits per heavy atom. The molecule has 0 aromatic heterocycles. The fraction of sp³-hybridized carbons (Fsp3) is 0.600. The standard InChI is InChI=1S/C20H29N3O3/c1-15(16-6-4-9-21-13-16)12-19(24)22-10-5-11-23-17-7-2-3-8-18(17)26-14-20(23)25/h2-3,7-8,15-16,21H,4-6,9-14H2,1H3,(H,22,24). The third-order valence-corrected chi connectivity index (χ3v) is 5.34. The van der Waals surface area contributed by atoms with Gasteiger partial charge in [0.1, 0.15) is 5.75 Å². The molecule has 0 radical (unpaired) electrons. The van der Waals surface area contributed by atoms with Gasteiger partial charge < -0.3 is 20.3 Å². The summed E-state index contributed by atoms with van der Waals surface area (Å²) in [4.78, 5) is 26.0. The molecular formula is C20H29N3O3. The van der Waals surface area contributed by atoms with Crippen molar-refractivity contribution >= 4 is 17.5 Å². The average Bonchev–Trinajstić information content (AvgIpc) is 2.67. The van der Waals surface area contributed by atoms with Crippen molar-refractivity contribution in [3.05, 3.63) is 24.3 Å². The van der Waals surface area contributed by atoms with E-state index in [0.717, 1.165) is 30.9 Å². The van der Waals surface area contributed by atoms with Crippen LogP contribution in [0.25, 0.3) is 0 Å². The van der Waals surface area contributed by atoms with E-state index in [9.17, 15) is 9.59 Å². The van der Waals surface area contributed by atoms with Crippen molar-refractivity contribution in [3.8, 4) is 5.75 Å². The third-order valence-electron chi connectivity index (χ3n) is 5.34. The van der Waals surface area contributed by atoms with Crippen molar-refractivity contribution in [2.45, 2.75) is 32.6 Å². The quantitative estimate of drug-likeness (QED) is 0.730. The van der Waals surface area contributed by atoms with Crippen LogP contribution in [-0.2, 0) is 9.59 Å². The van der Waals surface area contributed by atoms with E-state index >= 15 is 0 Å². The second-order valence-corrected chi connectivity index (χ2v) is 7.29. The highest BCUT2D eigenvalue weighted by atomic mass is 16.5. The lowest BCUT2D eigenvalue weighted by Crippen LogP contribution is -2.40. The van der Waals surface area contributed by atoms with Crippen molar-refractivity contribution in [1.82, 2.24) is 10.6 Å². The number of carbonyl (C=O) groups excluding carboxylic acids is 2. The summed E-state index contributed by atoms with van der Waals surface area (Å²) in [5.41, 5.74) is 0.813. The van der Waals surface area contributed by atoms with Crippen LogP contribution in [0.4, 0.5) is 5.69 Å². The Kier molecular flexibility index (Phi) is 6.50. The molecule has 2 aliphatic rings. The van der Waals surface area contributed by atoms with Crippen LogP contribution in [0.2, 0.25) is 0 Å². The fourth-order valence-electron chi connectivity index (χ4n) is 3.76. The molecule has 2 heterocycles. The largest absolute Gasteiger partial charge is 0.482 e. The number of amides is 2. The Morgan fingerprint density at radius 3 is 3.08 bits per heavy atom. The van der Waals surface area contributed by atoms with E-state index in [1.165, 1.54) is 12.8 Å². The topological polar surface area (TPSA) is 70.7 Å². The molecular weight excluding hydrogens is 330 g/mol. The van der Waals surface area contributed by atoms with Gasteiger partial charge >= 0.3 is 0 Å². The van der Waals surface area contributed by atoms with Crippen LogP contribution in [0.5, 0.6) is 5.75 Å². The first-order chi connectivity index (χ1) is 12.6. The molecule has 1 aromatic rings. The lowest BCUT2D eigenvalue weighted by Gasteiger charge is -2.29. The maximum absolute atomic E-state index is 12.2. The minimum absolute atomic E-state index is 0.0338. The van der Waals surface area contributed by atoms with Gasteiger partial charge in [0.05, 0.1) is 5.69 Å². The van der Waals surface area contributed by atoms with Gasteiger partial charge in [-0.05, 0) is 56.3 Å². The normalized spacial score (nSPS) is 20.9. The number of fused-ring (bicyclic) bond motifs is 1. The zero-order chi connectivity index (χ0) is 18.4. The molecule has 2 aliphatic heterocycles. The first kappa shape index (κ1) is 18.7. The molecule has 142 valence electrons. The van der Waals surface area contributed by atoms with E-state index in [-0.39, 0.29) is 18.4 Å². The van der Waals surface area contributed by atoms with Gasteiger partial charge in [-0.15, -0.1) is 0 Å². The van der Waals surface area contributed by atoms with Crippen LogP contribution >= 0.6 is 0 Å². The minimum atomic E-state index is -0.0338. The molecule has 2 unspecified atom stereocenters. The minimum Gasteiger partial charge on any atom is -0.482 e. The van der Waals surface area contributed by atoms with E-state index in [4.69, 9.17) is 4.74 Å². The molecule has 1 saturated heterocycles. The SMILES string of the molecule is CC(CC(=O)NCCCN1C(=O)COc2ccccc21)C1CCCNC1. The maximum Gasteiger partial charge on any atom is 0.265 e. The van der Waals surface area contributed by atoms with Crippen LogP contribution in [0.1, 0.15) is 32.6 Å². The molecule has 1 aromatic carbocycles. The molecule has 2 amide bonds. The Balaban J connectivity index is 1.40. The summed E-state index contributed by atoms with van der Waals surface area (Å²) in [6.07, 6.45) is 3.71. The number of ether oxygens (including phenoxy) is 1. The highest BCUT2D eigenvalue weighted by molar-refractivity contribution is 5.97. The Morgan fingerprint density at radius 1 is 1.42 bits per heavy atom. The Bertz CT molecular complexity index is 628. The first-order valence-electron chi connectivity index (χ1n) is 9.65. The first-order valence-corrected chi connectivity index (χ1v) is 9.65. The van der Waals surface area contributed by atoms with Gasteiger partial charge in [0.25, 0.3) is 5.91 Å². The van der Waals surface area contributed by atoms with E-state index in [1.807, 2.05) is 24.3 Å². The number of nitrogens with one attached hydrogen (secondary N) is 2. The highest BCUT2D eigenvalue weighted by Crippen LogP contribution is 2.31. The van der Waals surface area contributed by atoms with Crippen LogP contribution in [0.3, 0.4) is 0 Å². The molecule has 0 bridgehead atoms. The number of benzene rings is 1. The summed E-state index contributed by atoms with van der Waals surface area (Å²) < 4.78 is 5.45. The highest BCUT2D eigenvalue weighted by Gasteiger charge is 2.25. The number of rotatable bonds is 7. The van der Waals surface area contributed by atoms with E-state index in [1.54, 1.807) is 4.90 Å². The summed E-state index contributed by atoms with van der Waals surface area (Å²) in [7, 11) is 0. The van der Waals surface area contributed by atoms with Crippen molar-refractivity contribution in [2.24, 2.45) is 11.8 Å². The van der Waals surface area contributed by atoms with Crippen LogP contribution in [0.15, 0.2) is 24.3 Å². The van der Waals surface area contributed by atoms with Crippen molar-refractivity contribution in [3.63, 3.8) is 0 Å². The van der Waals surface area contributed by atoms with Gasteiger partial charge in [0.15, 0.2) is 6.61 Å². The molecule has 26 heavy (non-hydrogen) atoms. The lowest BCUT2D eigenvalue weighted by molar-refractivity contribution is -0.122. The summed E-state index contributed by atoms with van der Waals surface area (Å²) in [5.74, 6) is 1.81. The number of piperidine rings is 1. The van der Waals surface area contributed by atoms with Gasteiger partial charge in [0.2, 0.25) is 5.91 Å².